The maximum atomic E-state index is 2.42. The maximum absolute atomic E-state index is 2.42. The van der Waals surface area contributed by atoms with Crippen LogP contribution in [0.2, 0.25) is 0 Å². The van der Waals surface area contributed by atoms with E-state index in [1.54, 1.807) is 0 Å². The van der Waals surface area contributed by atoms with Gasteiger partial charge in [0.25, 0.3) is 0 Å². The minimum Gasteiger partial charge on any atom is -0.316 e. The highest BCUT2D eigenvalue weighted by Gasteiger charge is 2.31. The molecule has 0 unspecified atom stereocenters. The third-order valence-corrected chi connectivity index (χ3v) is 8.52. The zero-order valence-corrected chi connectivity index (χ0v) is 24.5. The predicted molar refractivity (Wildman–Crippen MR) is 167 cm³/mol. The molecule has 4 aromatic carbocycles. The maximum Gasteiger partial charge on any atom is 0.0531 e. The van der Waals surface area contributed by atoms with E-state index in [0.717, 1.165) is 0 Å². The lowest BCUT2D eigenvalue weighted by Crippen LogP contribution is -2.18. The molecule has 6 aromatic rings. The van der Waals surface area contributed by atoms with Crippen molar-refractivity contribution in [2.24, 2.45) is 0 Å². The van der Waals surface area contributed by atoms with Gasteiger partial charge in [0.15, 0.2) is 0 Å². The van der Waals surface area contributed by atoms with Gasteiger partial charge in [-0.15, -0.1) is 0 Å². The first-order valence-electron chi connectivity index (χ1n) is 14.0. The van der Waals surface area contributed by atoms with E-state index in [2.05, 4.69) is 150 Å². The second-order valence-electron chi connectivity index (χ2n) is 12.0. The number of nitrogens with zero attached hydrogens (tertiary/aromatic N) is 2. The summed E-state index contributed by atoms with van der Waals surface area (Å²) >= 11 is 0. The van der Waals surface area contributed by atoms with Crippen LogP contribution in [-0.4, -0.2) is 9.13 Å². The van der Waals surface area contributed by atoms with Gasteiger partial charge in [0.2, 0.25) is 0 Å². The van der Waals surface area contributed by atoms with Gasteiger partial charge in [-0.25, -0.2) is 0 Å². The van der Waals surface area contributed by atoms with Crippen LogP contribution in [0.3, 0.4) is 0 Å². The molecule has 0 atom stereocenters. The topological polar surface area (TPSA) is 9.86 Å². The molecule has 39 heavy (non-hydrogen) atoms. The number of para-hydroxylation sites is 2. The lowest BCUT2D eigenvalue weighted by molar-refractivity contribution is 0.649. The Morgan fingerprint density at radius 3 is 1.18 bits per heavy atom. The molecule has 0 aliphatic rings. The number of fused-ring (bicyclic) bond motifs is 2. The molecule has 2 heterocycles. The van der Waals surface area contributed by atoms with Crippen molar-refractivity contribution in [1.29, 1.82) is 0 Å². The average molecular weight is 511 g/mol. The summed E-state index contributed by atoms with van der Waals surface area (Å²) in [6.07, 6.45) is 4.79. The molecular weight excluding hydrogens is 472 g/mol. The second-order valence-corrected chi connectivity index (χ2v) is 12.0. The van der Waals surface area contributed by atoms with Crippen LogP contribution in [0.1, 0.15) is 58.4 Å². The number of rotatable bonds is 4. The van der Waals surface area contributed by atoms with Crippen molar-refractivity contribution in [1.82, 2.24) is 9.13 Å². The summed E-state index contributed by atoms with van der Waals surface area (Å²) in [5.74, 6) is 0. The summed E-state index contributed by atoms with van der Waals surface area (Å²) in [6, 6.07) is 26.9. The van der Waals surface area contributed by atoms with E-state index >= 15 is 0 Å². The fraction of sp³-hybridized carbons (Fsp3) is 0.243. The van der Waals surface area contributed by atoms with Crippen LogP contribution in [-0.2, 0) is 5.41 Å². The lowest BCUT2D eigenvalue weighted by atomic mass is 9.78. The van der Waals surface area contributed by atoms with Crippen molar-refractivity contribution < 1.29 is 0 Å². The average Bonchev–Trinajstić information content (AvgIpc) is 3.44. The first kappa shape index (κ1) is 25.2. The van der Waals surface area contributed by atoms with Gasteiger partial charge in [-0.3, -0.25) is 0 Å². The Morgan fingerprint density at radius 1 is 0.487 bits per heavy atom. The largest absolute Gasteiger partial charge is 0.316 e. The van der Waals surface area contributed by atoms with Crippen molar-refractivity contribution in [3.8, 4) is 11.4 Å². The first-order chi connectivity index (χ1) is 18.6. The summed E-state index contributed by atoms with van der Waals surface area (Å²) in [5, 5.41) is 2.61. The fourth-order valence-electron chi connectivity index (χ4n) is 6.98. The van der Waals surface area contributed by atoms with Gasteiger partial charge in [0.05, 0.1) is 22.4 Å². The SMILES string of the molecule is Cc1cc(C)c(-n2cc(C(C)(C)c3cn(-c4c(C)cc(C)cc4C)c4ccccc34)c3ccccc32)c(C)c1. The van der Waals surface area contributed by atoms with Crippen molar-refractivity contribution in [2.45, 2.75) is 60.8 Å². The second kappa shape index (κ2) is 9.02. The number of benzene rings is 4. The van der Waals surface area contributed by atoms with E-state index in [9.17, 15) is 0 Å². The predicted octanol–water partition coefficient (Wildman–Crippen LogP) is 9.75. The van der Waals surface area contributed by atoms with E-state index in [1.165, 1.54) is 77.7 Å². The first-order valence-corrected chi connectivity index (χ1v) is 14.0. The summed E-state index contributed by atoms with van der Waals surface area (Å²) in [5.41, 5.74) is 15.4. The molecule has 0 aliphatic carbocycles. The van der Waals surface area contributed by atoms with Gasteiger partial charge in [-0.2, -0.15) is 0 Å². The molecule has 0 radical (unpaired) electrons. The van der Waals surface area contributed by atoms with Gasteiger partial charge in [-0.1, -0.05) is 85.6 Å². The van der Waals surface area contributed by atoms with Gasteiger partial charge >= 0.3 is 0 Å². The quantitative estimate of drug-likeness (QED) is 0.223. The van der Waals surface area contributed by atoms with Crippen molar-refractivity contribution >= 4 is 21.8 Å². The summed E-state index contributed by atoms with van der Waals surface area (Å²) in [4.78, 5) is 0. The van der Waals surface area contributed by atoms with Gasteiger partial charge < -0.3 is 9.13 Å². The summed E-state index contributed by atoms with van der Waals surface area (Å²) in [6.45, 7) is 18.1. The molecule has 0 aliphatic heterocycles. The molecule has 196 valence electrons. The van der Waals surface area contributed by atoms with Gasteiger partial charge in [0.1, 0.15) is 0 Å². The minimum absolute atomic E-state index is 0.227. The molecule has 0 amide bonds. The van der Waals surface area contributed by atoms with E-state index in [4.69, 9.17) is 0 Å². The van der Waals surface area contributed by atoms with Gasteiger partial charge in [0, 0.05) is 28.6 Å². The van der Waals surface area contributed by atoms with Crippen LogP contribution >= 0.6 is 0 Å². The molecular formula is C37H38N2. The molecule has 0 spiro atoms. The standard InChI is InChI=1S/C37H38N2/c1-23-17-25(3)35(26(4)18-23)38-21-31(29-13-9-11-15-33(29)38)37(7,8)32-22-39(34-16-12-10-14-30(32)34)36-27(5)19-24(2)20-28(36)6/h9-22H,1-8H3. The molecule has 2 nitrogen and oxygen atoms in total. The summed E-state index contributed by atoms with van der Waals surface area (Å²) in [7, 11) is 0. The van der Waals surface area contributed by atoms with E-state index in [-0.39, 0.29) is 5.41 Å². The molecule has 0 saturated heterocycles. The Hall–Kier alpha value is -4.04. The smallest absolute Gasteiger partial charge is 0.0531 e. The third kappa shape index (κ3) is 3.93. The van der Waals surface area contributed by atoms with Crippen molar-refractivity contribution in [3.05, 3.63) is 130 Å². The highest BCUT2D eigenvalue weighted by Crippen LogP contribution is 2.43. The molecule has 0 N–H and O–H groups in total. The number of aromatic nitrogens is 2. The normalized spacial score (nSPS) is 12.1. The van der Waals surface area contributed by atoms with Crippen LogP contribution in [0.25, 0.3) is 33.2 Å². The van der Waals surface area contributed by atoms with E-state index < -0.39 is 0 Å². The van der Waals surface area contributed by atoms with Crippen LogP contribution in [0.15, 0.2) is 85.2 Å². The Balaban J connectivity index is 1.63. The van der Waals surface area contributed by atoms with Crippen molar-refractivity contribution in [2.75, 3.05) is 0 Å². The zero-order chi connectivity index (χ0) is 27.6. The fourth-order valence-corrected chi connectivity index (χ4v) is 6.98. The van der Waals surface area contributed by atoms with Crippen LogP contribution in [0.5, 0.6) is 0 Å². The summed E-state index contributed by atoms with van der Waals surface area (Å²) < 4.78 is 4.84. The Labute approximate surface area is 232 Å². The zero-order valence-electron chi connectivity index (χ0n) is 24.5. The Bertz CT molecular complexity index is 1710. The number of hydrogen-bond donors (Lipinski definition) is 0. The van der Waals surface area contributed by atoms with Crippen LogP contribution in [0.4, 0.5) is 0 Å². The molecule has 6 rings (SSSR count). The number of aryl methyl sites for hydroxylation is 6. The van der Waals surface area contributed by atoms with E-state index in [1.807, 2.05) is 0 Å². The lowest BCUT2D eigenvalue weighted by Gasteiger charge is -2.25. The van der Waals surface area contributed by atoms with Crippen LogP contribution in [0, 0.1) is 41.5 Å². The molecule has 2 aromatic heterocycles. The highest BCUT2D eigenvalue weighted by atomic mass is 15.0. The van der Waals surface area contributed by atoms with Crippen molar-refractivity contribution in [3.63, 3.8) is 0 Å². The number of hydrogen-bond acceptors (Lipinski definition) is 0. The molecule has 0 fully saturated rings. The molecule has 0 bridgehead atoms. The minimum atomic E-state index is -0.227. The monoisotopic (exact) mass is 510 g/mol. The Morgan fingerprint density at radius 2 is 0.821 bits per heavy atom. The Kier molecular flexibility index (Phi) is 5.84. The molecule has 2 heteroatoms. The third-order valence-electron chi connectivity index (χ3n) is 8.52. The van der Waals surface area contributed by atoms with Gasteiger partial charge in [-0.05, 0) is 87.1 Å². The highest BCUT2D eigenvalue weighted by molar-refractivity contribution is 5.92. The van der Waals surface area contributed by atoms with Crippen LogP contribution < -0.4 is 0 Å². The van der Waals surface area contributed by atoms with E-state index in [0.29, 0.717) is 0 Å². The molecule has 0 saturated carbocycles.